The van der Waals surface area contributed by atoms with E-state index in [1.807, 2.05) is 0 Å². The average molecular weight is 271 g/mol. The van der Waals surface area contributed by atoms with E-state index in [0.29, 0.717) is 5.82 Å². The first-order valence-electron chi connectivity index (χ1n) is 5.78. The van der Waals surface area contributed by atoms with Crippen LogP contribution in [0.5, 0.6) is 0 Å². The Hall–Kier alpha value is -1.45. The first-order chi connectivity index (χ1) is 9.06. The number of nitrogens with two attached hydrogens (primary N) is 1. The van der Waals surface area contributed by atoms with Crippen molar-refractivity contribution in [2.75, 3.05) is 13.2 Å². The van der Waals surface area contributed by atoms with Crippen LogP contribution < -0.4 is 5.90 Å². The number of aliphatic imine (C=N–C) groups is 1. The molecule has 106 valence electrons. The Morgan fingerprint density at radius 1 is 1.42 bits per heavy atom. The van der Waals surface area contributed by atoms with Crippen molar-refractivity contribution in [1.82, 2.24) is 4.90 Å². The molecule has 0 amide bonds. The van der Waals surface area contributed by atoms with Crippen LogP contribution in [0.1, 0.15) is 0 Å². The van der Waals surface area contributed by atoms with Gasteiger partial charge in [-0.15, -0.1) is 0 Å². The molecular weight excluding hydrogens is 254 g/mol. The van der Waals surface area contributed by atoms with Crippen LogP contribution in [-0.4, -0.2) is 63.7 Å². The second-order valence-corrected chi connectivity index (χ2v) is 4.33. The topological polar surface area (TPSA) is 121 Å². The van der Waals surface area contributed by atoms with Gasteiger partial charge in [-0.3, -0.25) is 0 Å². The fraction of sp³-hybridized carbons (Fsp3) is 0.545. The van der Waals surface area contributed by atoms with Crippen molar-refractivity contribution in [3.05, 3.63) is 24.7 Å². The van der Waals surface area contributed by atoms with Crippen LogP contribution in [0.3, 0.4) is 0 Å². The average Bonchev–Trinajstić information content (AvgIpc) is 2.68. The summed E-state index contributed by atoms with van der Waals surface area (Å²) in [5.74, 6) is 5.58. The largest absolute Gasteiger partial charge is 0.394 e. The van der Waals surface area contributed by atoms with Crippen LogP contribution in [0.4, 0.5) is 0 Å². The minimum absolute atomic E-state index is 0.224. The molecule has 8 nitrogen and oxygen atoms in total. The summed E-state index contributed by atoms with van der Waals surface area (Å²) in [7, 11) is 0. The lowest BCUT2D eigenvalue weighted by Gasteiger charge is -2.26. The van der Waals surface area contributed by atoms with E-state index in [0.717, 1.165) is 0 Å². The molecule has 0 aliphatic carbocycles. The van der Waals surface area contributed by atoms with Gasteiger partial charge >= 0.3 is 0 Å². The molecule has 19 heavy (non-hydrogen) atoms. The van der Waals surface area contributed by atoms with E-state index in [-0.39, 0.29) is 19.0 Å². The van der Waals surface area contributed by atoms with Gasteiger partial charge in [0.2, 0.25) is 5.90 Å². The molecule has 1 saturated heterocycles. The second-order valence-electron chi connectivity index (χ2n) is 4.33. The highest BCUT2D eigenvalue weighted by molar-refractivity contribution is 5.88. The zero-order valence-corrected chi connectivity index (χ0v) is 10.2. The molecule has 1 fully saturated rings. The molecule has 4 atom stereocenters. The van der Waals surface area contributed by atoms with Crippen LogP contribution in [0.2, 0.25) is 0 Å². The molecule has 1 unspecified atom stereocenters. The first kappa shape index (κ1) is 14.0. The van der Waals surface area contributed by atoms with Crippen molar-refractivity contribution in [3.8, 4) is 0 Å². The molecule has 8 heteroatoms. The van der Waals surface area contributed by atoms with Gasteiger partial charge in [0, 0.05) is 12.3 Å². The Morgan fingerprint density at radius 2 is 2.11 bits per heavy atom. The molecule has 0 aromatic rings. The highest BCUT2D eigenvalue weighted by Crippen LogP contribution is 2.23. The van der Waals surface area contributed by atoms with Crippen molar-refractivity contribution in [2.45, 2.75) is 24.4 Å². The van der Waals surface area contributed by atoms with Gasteiger partial charge in [0.1, 0.15) is 30.2 Å². The Kier molecular flexibility index (Phi) is 4.17. The highest BCUT2D eigenvalue weighted by Gasteiger charge is 2.42. The number of aliphatic hydroxyl groups is 3. The third kappa shape index (κ3) is 2.77. The second kappa shape index (κ2) is 5.68. The summed E-state index contributed by atoms with van der Waals surface area (Å²) in [5, 5.41) is 28.5. The molecule has 2 aliphatic rings. The number of aliphatic hydroxyl groups excluding tert-OH is 3. The summed E-state index contributed by atoms with van der Waals surface area (Å²) in [4.78, 5) is 10.1. The van der Waals surface area contributed by atoms with Crippen LogP contribution in [0.25, 0.3) is 0 Å². The summed E-state index contributed by atoms with van der Waals surface area (Å²) < 4.78 is 5.37. The fourth-order valence-corrected chi connectivity index (χ4v) is 2.02. The Morgan fingerprint density at radius 3 is 2.63 bits per heavy atom. The third-order valence-corrected chi connectivity index (χ3v) is 3.11. The molecule has 0 aromatic heterocycles. The predicted molar refractivity (Wildman–Crippen MR) is 65.5 cm³/mol. The molecule has 5 N–H and O–H groups in total. The quantitative estimate of drug-likeness (QED) is 0.440. The van der Waals surface area contributed by atoms with Crippen molar-refractivity contribution in [3.63, 3.8) is 0 Å². The van der Waals surface area contributed by atoms with Crippen LogP contribution >= 0.6 is 0 Å². The van der Waals surface area contributed by atoms with E-state index in [1.165, 1.54) is 6.08 Å². The number of nitrogens with zero attached hydrogens (tertiary/aromatic N) is 2. The lowest BCUT2D eigenvalue weighted by molar-refractivity contribution is -0.0264. The summed E-state index contributed by atoms with van der Waals surface area (Å²) in [6.07, 6.45) is -0.446. The van der Waals surface area contributed by atoms with Gasteiger partial charge in [-0.25, -0.2) is 0 Å². The summed E-state index contributed by atoms with van der Waals surface area (Å²) in [5.41, 5.74) is 0. The number of hydrogen-bond acceptors (Lipinski definition) is 8. The fourth-order valence-electron chi connectivity index (χ4n) is 2.02. The maximum absolute atomic E-state index is 9.83. The van der Waals surface area contributed by atoms with E-state index >= 15 is 0 Å². The van der Waals surface area contributed by atoms with Gasteiger partial charge in [-0.2, -0.15) is 10.9 Å². The smallest absolute Gasteiger partial charge is 0.240 e. The summed E-state index contributed by atoms with van der Waals surface area (Å²) >= 11 is 0. The molecule has 2 rings (SSSR count). The van der Waals surface area contributed by atoms with Gasteiger partial charge in [-0.1, -0.05) is 6.58 Å². The number of hydrogen-bond donors (Lipinski definition) is 4. The van der Waals surface area contributed by atoms with Crippen LogP contribution in [0, 0.1) is 0 Å². The van der Waals surface area contributed by atoms with Gasteiger partial charge < -0.3 is 29.8 Å². The zero-order valence-electron chi connectivity index (χ0n) is 10.2. The number of ether oxygens (including phenoxy) is 1. The molecule has 0 spiro atoms. The van der Waals surface area contributed by atoms with E-state index in [2.05, 4.69) is 16.4 Å². The van der Waals surface area contributed by atoms with Gasteiger partial charge in [0.25, 0.3) is 0 Å². The van der Waals surface area contributed by atoms with Gasteiger partial charge in [0.05, 0.1) is 13.2 Å². The Bertz CT molecular complexity index is 411. The maximum Gasteiger partial charge on any atom is 0.240 e. The molecule has 0 radical (unpaired) electrons. The van der Waals surface area contributed by atoms with Crippen LogP contribution in [0.15, 0.2) is 29.7 Å². The minimum atomic E-state index is -1.11. The molecule has 0 bridgehead atoms. The first-order valence-corrected chi connectivity index (χ1v) is 5.78. The van der Waals surface area contributed by atoms with E-state index in [1.54, 1.807) is 11.1 Å². The molecule has 0 aromatic carbocycles. The standard InChI is InChI=1S/C11H17N3O5/c1-6-13-9(19-12)2-3-14(6)4-7-10(16)11(17)8(5-15)18-7/h2-3,7-8,10-11,15-17H,1,4-5,12H2/t7-,8+,10+,11?/m0/s1. The molecule has 2 heterocycles. The lowest BCUT2D eigenvalue weighted by atomic mass is 10.1. The van der Waals surface area contributed by atoms with Gasteiger partial charge in [-0.05, 0) is 0 Å². The SMILES string of the molecule is C=C1N=C(ON)C=CN1C[C@@H]1O[C@H](CO)C(O)[C@@H]1O. The lowest BCUT2D eigenvalue weighted by Crippen LogP contribution is -2.38. The van der Waals surface area contributed by atoms with E-state index in [4.69, 9.17) is 15.7 Å². The Labute approximate surface area is 110 Å². The minimum Gasteiger partial charge on any atom is -0.394 e. The van der Waals surface area contributed by atoms with Crippen LogP contribution in [-0.2, 0) is 9.57 Å². The normalized spacial score (nSPS) is 34.6. The Balaban J connectivity index is 1.98. The van der Waals surface area contributed by atoms with Crippen molar-refractivity contribution >= 4 is 5.90 Å². The molecule has 2 aliphatic heterocycles. The van der Waals surface area contributed by atoms with Crippen molar-refractivity contribution < 1.29 is 24.9 Å². The molecular formula is C11H17N3O5. The maximum atomic E-state index is 9.83. The van der Waals surface area contributed by atoms with E-state index < -0.39 is 24.4 Å². The predicted octanol–water partition coefficient (Wildman–Crippen LogP) is -1.94. The number of rotatable bonds is 3. The van der Waals surface area contributed by atoms with Crippen molar-refractivity contribution in [2.24, 2.45) is 10.9 Å². The molecule has 0 saturated carbocycles. The monoisotopic (exact) mass is 271 g/mol. The van der Waals surface area contributed by atoms with Crippen molar-refractivity contribution in [1.29, 1.82) is 0 Å². The van der Waals surface area contributed by atoms with E-state index in [9.17, 15) is 10.2 Å². The third-order valence-electron chi connectivity index (χ3n) is 3.11. The highest BCUT2D eigenvalue weighted by atomic mass is 16.6. The zero-order chi connectivity index (χ0) is 14.0. The summed E-state index contributed by atoms with van der Waals surface area (Å²) in [6.45, 7) is 3.61. The van der Waals surface area contributed by atoms with Gasteiger partial charge in [0.15, 0.2) is 0 Å². The summed E-state index contributed by atoms with van der Waals surface area (Å²) in [6, 6.07) is 0.